The molecule has 1 heterocycles. The second-order valence-electron chi connectivity index (χ2n) is 7.77. The fraction of sp³-hybridized carbons (Fsp3) is 0.200. The molecule has 0 saturated carbocycles. The summed E-state index contributed by atoms with van der Waals surface area (Å²) in [4.78, 5) is 28.5. The lowest BCUT2D eigenvalue weighted by Crippen LogP contribution is -2.49. The quantitative estimate of drug-likeness (QED) is 0.532. The van der Waals surface area contributed by atoms with Crippen molar-refractivity contribution in [2.75, 3.05) is 23.3 Å². The maximum atomic E-state index is 13.0. The van der Waals surface area contributed by atoms with Crippen molar-refractivity contribution in [3.8, 4) is 0 Å². The molecule has 0 spiro atoms. The largest absolute Gasteiger partial charge is 0.416 e. The zero-order valence-electron chi connectivity index (χ0n) is 17.7. The number of urea groups is 1. The Hall–Kier alpha value is -3.81. The number of carbonyl (C=O) groups is 2. The van der Waals surface area contributed by atoms with E-state index in [9.17, 15) is 22.8 Å². The highest BCUT2D eigenvalue weighted by molar-refractivity contribution is 6.04. The van der Waals surface area contributed by atoms with Gasteiger partial charge in [0, 0.05) is 36.6 Å². The third-order valence-corrected chi connectivity index (χ3v) is 5.41. The first-order chi connectivity index (χ1) is 15.8. The Morgan fingerprint density at radius 1 is 0.909 bits per heavy atom. The summed E-state index contributed by atoms with van der Waals surface area (Å²) in [5.41, 5.74) is 1.50. The topological polar surface area (TPSA) is 52.7 Å². The smallest absolute Gasteiger partial charge is 0.322 e. The van der Waals surface area contributed by atoms with Crippen molar-refractivity contribution in [1.82, 2.24) is 4.90 Å². The first-order valence-corrected chi connectivity index (χ1v) is 10.5. The van der Waals surface area contributed by atoms with Crippen LogP contribution in [0.5, 0.6) is 0 Å². The first kappa shape index (κ1) is 22.4. The van der Waals surface area contributed by atoms with E-state index >= 15 is 0 Å². The van der Waals surface area contributed by atoms with Crippen LogP contribution in [0.2, 0.25) is 0 Å². The minimum absolute atomic E-state index is 0.102. The summed E-state index contributed by atoms with van der Waals surface area (Å²) in [7, 11) is 0. The molecule has 1 fully saturated rings. The molecule has 1 N–H and O–H groups in total. The molecule has 4 rings (SSSR count). The molecular formula is C25H22F3N3O2. The number of benzene rings is 3. The van der Waals surface area contributed by atoms with Gasteiger partial charge in [-0.3, -0.25) is 9.69 Å². The molecule has 0 radical (unpaired) electrons. The molecule has 0 bridgehead atoms. The van der Waals surface area contributed by atoms with Gasteiger partial charge >= 0.3 is 12.2 Å². The van der Waals surface area contributed by atoms with Gasteiger partial charge in [0.15, 0.2) is 0 Å². The van der Waals surface area contributed by atoms with Crippen LogP contribution in [0.1, 0.15) is 27.9 Å². The van der Waals surface area contributed by atoms with Gasteiger partial charge in [-0.1, -0.05) is 30.3 Å². The van der Waals surface area contributed by atoms with Crippen molar-refractivity contribution in [3.05, 3.63) is 95.6 Å². The third-order valence-electron chi connectivity index (χ3n) is 5.41. The van der Waals surface area contributed by atoms with Crippen molar-refractivity contribution in [2.24, 2.45) is 0 Å². The molecule has 0 unspecified atom stereocenters. The Bertz CT molecular complexity index is 1130. The van der Waals surface area contributed by atoms with Gasteiger partial charge in [0.2, 0.25) is 0 Å². The summed E-state index contributed by atoms with van der Waals surface area (Å²) < 4.78 is 39.0. The maximum Gasteiger partial charge on any atom is 0.416 e. The van der Waals surface area contributed by atoms with Gasteiger partial charge in [-0.05, 0) is 60.5 Å². The summed E-state index contributed by atoms with van der Waals surface area (Å²) in [5, 5.41) is 2.81. The lowest BCUT2D eigenvalue weighted by atomic mass is 10.1. The summed E-state index contributed by atoms with van der Waals surface area (Å²) in [6, 6.07) is 20.5. The predicted molar refractivity (Wildman–Crippen MR) is 120 cm³/mol. The summed E-state index contributed by atoms with van der Waals surface area (Å²) >= 11 is 0. The number of amides is 3. The Kier molecular flexibility index (Phi) is 6.35. The van der Waals surface area contributed by atoms with Crippen LogP contribution in [-0.2, 0) is 12.7 Å². The summed E-state index contributed by atoms with van der Waals surface area (Å²) in [6.45, 7) is 1.08. The second-order valence-corrected chi connectivity index (χ2v) is 7.77. The maximum absolute atomic E-state index is 13.0. The number of nitrogens with zero attached hydrogens (tertiary/aromatic N) is 2. The van der Waals surface area contributed by atoms with Gasteiger partial charge < -0.3 is 10.2 Å². The highest BCUT2D eigenvalue weighted by atomic mass is 19.4. The van der Waals surface area contributed by atoms with E-state index in [0.29, 0.717) is 42.0 Å². The lowest BCUT2D eigenvalue weighted by Gasteiger charge is -2.35. The average Bonchev–Trinajstić information content (AvgIpc) is 2.81. The molecule has 33 heavy (non-hydrogen) atoms. The minimum Gasteiger partial charge on any atom is -0.322 e. The summed E-state index contributed by atoms with van der Waals surface area (Å²) in [5.74, 6) is -0.232. The monoisotopic (exact) mass is 453 g/mol. The molecule has 0 aliphatic carbocycles. The molecule has 3 aromatic carbocycles. The Labute approximate surface area is 189 Å². The molecule has 1 aliphatic heterocycles. The molecule has 1 aliphatic rings. The van der Waals surface area contributed by atoms with Gasteiger partial charge in [-0.25, -0.2) is 4.79 Å². The molecule has 0 aromatic heterocycles. The van der Waals surface area contributed by atoms with Crippen LogP contribution in [0.15, 0.2) is 78.9 Å². The number of halogens is 3. The van der Waals surface area contributed by atoms with Crippen molar-refractivity contribution >= 4 is 23.3 Å². The predicted octanol–water partition coefficient (Wildman–Crippen LogP) is 5.79. The van der Waals surface area contributed by atoms with Crippen LogP contribution in [0, 0.1) is 0 Å². The van der Waals surface area contributed by atoms with E-state index in [0.717, 1.165) is 12.1 Å². The molecule has 8 heteroatoms. The van der Waals surface area contributed by atoms with E-state index in [1.54, 1.807) is 64.4 Å². The molecule has 5 nitrogen and oxygen atoms in total. The minimum atomic E-state index is -4.42. The van der Waals surface area contributed by atoms with E-state index in [1.165, 1.54) is 6.07 Å². The zero-order valence-corrected chi connectivity index (χ0v) is 17.7. The number of carbonyl (C=O) groups excluding carboxylic acids is 2. The Morgan fingerprint density at radius 3 is 2.33 bits per heavy atom. The zero-order chi connectivity index (χ0) is 23.4. The van der Waals surface area contributed by atoms with Crippen molar-refractivity contribution in [2.45, 2.75) is 19.1 Å². The number of hydrogen-bond donors (Lipinski definition) is 1. The van der Waals surface area contributed by atoms with Crippen LogP contribution in [0.3, 0.4) is 0 Å². The normalized spacial score (nSPS) is 14.3. The van der Waals surface area contributed by atoms with Crippen molar-refractivity contribution in [3.63, 3.8) is 0 Å². The number of rotatable bonds is 5. The third kappa shape index (κ3) is 5.34. The number of nitrogens with one attached hydrogen (secondary N) is 1. The molecular weight excluding hydrogens is 431 g/mol. The first-order valence-electron chi connectivity index (χ1n) is 10.5. The van der Waals surface area contributed by atoms with Crippen LogP contribution < -0.4 is 10.2 Å². The van der Waals surface area contributed by atoms with Gasteiger partial charge in [0.25, 0.3) is 5.91 Å². The average molecular weight is 453 g/mol. The molecule has 3 aromatic rings. The van der Waals surface area contributed by atoms with Gasteiger partial charge in [-0.15, -0.1) is 0 Å². The van der Waals surface area contributed by atoms with Crippen LogP contribution in [-0.4, -0.2) is 29.9 Å². The van der Waals surface area contributed by atoms with Gasteiger partial charge in [0.05, 0.1) is 5.56 Å². The molecule has 3 amide bonds. The summed E-state index contributed by atoms with van der Waals surface area (Å²) in [6.07, 6.45) is -3.73. The van der Waals surface area contributed by atoms with E-state index in [2.05, 4.69) is 5.32 Å². The van der Waals surface area contributed by atoms with Crippen molar-refractivity contribution < 1.29 is 22.8 Å². The van der Waals surface area contributed by atoms with Crippen molar-refractivity contribution in [1.29, 1.82) is 0 Å². The lowest BCUT2D eigenvalue weighted by molar-refractivity contribution is -0.137. The number of alkyl halides is 3. The highest BCUT2D eigenvalue weighted by Gasteiger charge is 2.31. The van der Waals surface area contributed by atoms with Gasteiger partial charge in [0.1, 0.15) is 0 Å². The van der Waals surface area contributed by atoms with E-state index < -0.39 is 11.7 Å². The van der Waals surface area contributed by atoms with E-state index in [1.807, 2.05) is 6.07 Å². The standard InChI is InChI=1S/C25H22F3N3O2/c26-25(27,28)20-9-4-6-18(16-20)17-30-14-5-15-31(24(30)33)22-12-10-21(11-13-22)29-23(32)19-7-2-1-3-8-19/h1-4,6-13,16H,5,14-15,17H2,(H,29,32). The van der Waals surface area contributed by atoms with E-state index in [-0.39, 0.29) is 18.5 Å². The van der Waals surface area contributed by atoms with Crippen LogP contribution in [0.25, 0.3) is 0 Å². The van der Waals surface area contributed by atoms with Gasteiger partial charge in [-0.2, -0.15) is 13.2 Å². The highest BCUT2D eigenvalue weighted by Crippen LogP contribution is 2.30. The molecule has 1 saturated heterocycles. The van der Waals surface area contributed by atoms with E-state index in [4.69, 9.17) is 0 Å². The van der Waals surface area contributed by atoms with Crippen LogP contribution >= 0.6 is 0 Å². The fourth-order valence-corrected chi connectivity index (χ4v) is 3.75. The Morgan fingerprint density at radius 2 is 1.64 bits per heavy atom. The number of anilines is 2. The second kappa shape index (κ2) is 9.36. The SMILES string of the molecule is O=C(Nc1ccc(N2CCCN(Cc3cccc(C(F)(F)F)c3)C2=O)cc1)c1ccccc1. The van der Waals surface area contributed by atoms with Crippen LogP contribution in [0.4, 0.5) is 29.3 Å². The Balaban J connectivity index is 1.43. The fourth-order valence-electron chi connectivity index (χ4n) is 3.75. The molecule has 170 valence electrons. The molecule has 0 atom stereocenters. The number of hydrogen-bond acceptors (Lipinski definition) is 2.